The smallest absolute Gasteiger partial charge is 0.399 e. The van der Waals surface area contributed by atoms with Gasteiger partial charge in [-0.15, -0.1) is 0 Å². The van der Waals surface area contributed by atoms with Crippen LogP contribution in [0.15, 0.2) is 18.2 Å². The molecule has 3 rings (SSSR count). The molecule has 2 aliphatic heterocycles. The summed E-state index contributed by atoms with van der Waals surface area (Å²) < 4.78 is 26.1. The summed E-state index contributed by atoms with van der Waals surface area (Å²) in [4.78, 5) is 2.43. The van der Waals surface area contributed by atoms with Crippen molar-refractivity contribution in [1.29, 1.82) is 0 Å². The van der Waals surface area contributed by atoms with E-state index in [2.05, 4.69) is 10.2 Å². The minimum absolute atomic E-state index is 0.272. The van der Waals surface area contributed by atoms with E-state index >= 15 is 0 Å². The van der Waals surface area contributed by atoms with E-state index in [1.54, 1.807) is 0 Å². The van der Waals surface area contributed by atoms with Crippen LogP contribution in [0.4, 0.5) is 10.1 Å². The number of halogens is 1. The van der Waals surface area contributed by atoms with Crippen LogP contribution in [0.2, 0.25) is 0 Å². The van der Waals surface area contributed by atoms with E-state index < -0.39 is 18.3 Å². The van der Waals surface area contributed by atoms with Crippen molar-refractivity contribution in [3.8, 4) is 0 Å². The van der Waals surface area contributed by atoms with E-state index in [4.69, 9.17) is 9.31 Å². The number of rotatable bonds is 5. The first kappa shape index (κ1) is 17.7. The number of benzene rings is 1. The molecular formula is C18H28BFN2O2. The van der Waals surface area contributed by atoms with Gasteiger partial charge in [0.2, 0.25) is 0 Å². The molecule has 6 heteroatoms. The molecule has 1 N–H and O–H groups in total. The van der Waals surface area contributed by atoms with Crippen molar-refractivity contribution in [1.82, 2.24) is 4.90 Å². The van der Waals surface area contributed by atoms with E-state index in [1.807, 2.05) is 33.8 Å². The number of anilines is 1. The zero-order valence-electron chi connectivity index (χ0n) is 15.2. The average molecular weight is 334 g/mol. The summed E-state index contributed by atoms with van der Waals surface area (Å²) in [5.41, 5.74) is 0.650. The van der Waals surface area contributed by atoms with Gasteiger partial charge in [-0.25, -0.2) is 4.39 Å². The van der Waals surface area contributed by atoms with Crippen molar-refractivity contribution < 1.29 is 13.7 Å². The van der Waals surface area contributed by atoms with Crippen molar-refractivity contribution >= 4 is 18.3 Å². The fourth-order valence-corrected chi connectivity index (χ4v) is 3.19. The molecule has 4 nitrogen and oxygen atoms in total. The maximum atomic E-state index is 14.0. The number of hydrogen-bond acceptors (Lipinski definition) is 4. The maximum absolute atomic E-state index is 14.0. The molecule has 0 atom stereocenters. The maximum Gasteiger partial charge on any atom is 0.495 e. The fraction of sp³-hybridized carbons (Fsp3) is 0.667. The molecule has 0 unspecified atom stereocenters. The Hall–Kier alpha value is -1.11. The van der Waals surface area contributed by atoms with E-state index in [0.717, 1.165) is 24.2 Å². The zero-order chi connectivity index (χ0) is 17.4. The van der Waals surface area contributed by atoms with Crippen molar-refractivity contribution in [2.24, 2.45) is 0 Å². The second-order valence-electron chi connectivity index (χ2n) is 7.84. The first-order valence-corrected chi connectivity index (χ1v) is 8.89. The lowest BCUT2D eigenvalue weighted by Gasteiger charge is -2.32. The molecule has 0 saturated carbocycles. The Balaban J connectivity index is 1.65. The normalized spacial score (nSPS) is 23.0. The number of hydrogen-bond donors (Lipinski definition) is 1. The summed E-state index contributed by atoms with van der Waals surface area (Å²) in [6.07, 6.45) is 2.57. The largest absolute Gasteiger partial charge is 0.495 e. The quantitative estimate of drug-likeness (QED) is 0.840. The van der Waals surface area contributed by atoms with Gasteiger partial charge in [-0.2, -0.15) is 0 Å². The van der Waals surface area contributed by atoms with Crippen LogP contribution in [0.25, 0.3) is 0 Å². The predicted molar refractivity (Wildman–Crippen MR) is 96.3 cm³/mol. The van der Waals surface area contributed by atoms with Crippen LogP contribution in [-0.2, 0) is 9.31 Å². The Morgan fingerprint density at radius 2 is 1.71 bits per heavy atom. The Morgan fingerprint density at radius 1 is 1.08 bits per heavy atom. The number of likely N-dealkylation sites (tertiary alicyclic amines) is 1. The second-order valence-corrected chi connectivity index (χ2v) is 7.84. The SMILES string of the molecule is CC1(C)OB(c2cc(F)cc(NCCN3CCCC3)c2)OC1(C)C. The highest BCUT2D eigenvalue weighted by atomic mass is 19.1. The van der Waals surface area contributed by atoms with Gasteiger partial charge in [-0.1, -0.05) is 0 Å². The Labute approximate surface area is 144 Å². The van der Waals surface area contributed by atoms with Crippen LogP contribution in [0.1, 0.15) is 40.5 Å². The minimum Gasteiger partial charge on any atom is -0.399 e. The van der Waals surface area contributed by atoms with Gasteiger partial charge in [-0.3, -0.25) is 0 Å². The number of nitrogens with zero attached hydrogens (tertiary/aromatic N) is 1. The molecule has 132 valence electrons. The summed E-state index contributed by atoms with van der Waals surface area (Å²) >= 11 is 0. The first-order valence-electron chi connectivity index (χ1n) is 8.89. The minimum atomic E-state index is -0.537. The number of nitrogens with one attached hydrogen (secondary N) is 1. The van der Waals surface area contributed by atoms with Crippen LogP contribution in [-0.4, -0.2) is 49.4 Å². The van der Waals surface area contributed by atoms with Gasteiger partial charge in [0.1, 0.15) is 5.82 Å². The summed E-state index contributed by atoms with van der Waals surface area (Å²) in [5, 5.41) is 3.32. The Kier molecular flexibility index (Phi) is 4.91. The van der Waals surface area contributed by atoms with E-state index in [1.165, 1.54) is 38.1 Å². The molecule has 0 radical (unpaired) electrons. The third-order valence-electron chi connectivity index (χ3n) is 5.40. The summed E-state index contributed by atoms with van der Waals surface area (Å²) in [6.45, 7) is 12.1. The standard InChI is InChI=1S/C18H28BFN2O2/c1-17(2)18(3,4)24-19(23-17)14-11-15(20)13-16(12-14)21-7-10-22-8-5-6-9-22/h11-13,21H,5-10H2,1-4H3. The van der Waals surface area contributed by atoms with Gasteiger partial charge < -0.3 is 19.5 Å². The first-order chi connectivity index (χ1) is 11.3. The van der Waals surface area contributed by atoms with Crippen LogP contribution in [0.3, 0.4) is 0 Å². The molecule has 2 saturated heterocycles. The predicted octanol–water partition coefficient (Wildman–Crippen LogP) is 2.63. The van der Waals surface area contributed by atoms with Crippen molar-refractivity contribution in [2.45, 2.75) is 51.7 Å². The van der Waals surface area contributed by atoms with Gasteiger partial charge in [-0.05, 0) is 77.3 Å². The highest BCUT2D eigenvalue weighted by Gasteiger charge is 2.51. The van der Waals surface area contributed by atoms with Gasteiger partial charge in [0.05, 0.1) is 11.2 Å². The summed E-state index contributed by atoms with van der Waals surface area (Å²) in [5.74, 6) is -0.272. The van der Waals surface area contributed by atoms with Crippen molar-refractivity contribution in [2.75, 3.05) is 31.5 Å². The molecule has 24 heavy (non-hydrogen) atoms. The van der Waals surface area contributed by atoms with Crippen LogP contribution >= 0.6 is 0 Å². The van der Waals surface area contributed by atoms with Crippen molar-refractivity contribution in [3.05, 3.63) is 24.0 Å². The summed E-state index contributed by atoms with van der Waals surface area (Å²) in [6, 6.07) is 4.95. The Bertz CT molecular complexity index is 572. The average Bonchev–Trinajstić information content (AvgIpc) is 3.05. The van der Waals surface area contributed by atoms with Gasteiger partial charge >= 0.3 is 7.12 Å². The van der Waals surface area contributed by atoms with Crippen molar-refractivity contribution in [3.63, 3.8) is 0 Å². The van der Waals surface area contributed by atoms with Gasteiger partial charge in [0, 0.05) is 18.8 Å². The molecule has 2 heterocycles. The highest BCUT2D eigenvalue weighted by molar-refractivity contribution is 6.62. The van der Waals surface area contributed by atoms with E-state index in [0.29, 0.717) is 0 Å². The lowest BCUT2D eigenvalue weighted by molar-refractivity contribution is 0.00578. The van der Waals surface area contributed by atoms with Gasteiger partial charge in [0.25, 0.3) is 0 Å². The topological polar surface area (TPSA) is 33.7 Å². The molecule has 0 bridgehead atoms. The molecule has 1 aromatic rings. The van der Waals surface area contributed by atoms with E-state index in [-0.39, 0.29) is 5.82 Å². The molecule has 0 amide bonds. The molecule has 2 fully saturated rings. The van der Waals surface area contributed by atoms with E-state index in [9.17, 15) is 4.39 Å². The Morgan fingerprint density at radius 3 is 2.33 bits per heavy atom. The molecule has 0 spiro atoms. The molecule has 0 aliphatic carbocycles. The fourth-order valence-electron chi connectivity index (χ4n) is 3.19. The second kappa shape index (κ2) is 6.66. The monoisotopic (exact) mass is 334 g/mol. The van der Waals surface area contributed by atoms with Crippen LogP contribution in [0, 0.1) is 5.82 Å². The molecular weight excluding hydrogens is 306 g/mol. The third-order valence-corrected chi connectivity index (χ3v) is 5.40. The lowest BCUT2D eigenvalue weighted by atomic mass is 9.79. The lowest BCUT2D eigenvalue weighted by Crippen LogP contribution is -2.41. The summed E-state index contributed by atoms with van der Waals surface area (Å²) in [7, 11) is -0.537. The highest BCUT2D eigenvalue weighted by Crippen LogP contribution is 2.36. The third kappa shape index (κ3) is 3.76. The zero-order valence-corrected chi connectivity index (χ0v) is 15.2. The molecule has 2 aliphatic rings. The van der Waals surface area contributed by atoms with Gasteiger partial charge in [0.15, 0.2) is 0 Å². The van der Waals surface area contributed by atoms with Crippen LogP contribution < -0.4 is 10.8 Å². The molecule has 0 aromatic heterocycles. The molecule has 1 aromatic carbocycles. The van der Waals surface area contributed by atoms with Crippen LogP contribution in [0.5, 0.6) is 0 Å².